The Hall–Kier alpha value is -2.71. The maximum atomic E-state index is 12.1. The summed E-state index contributed by atoms with van der Waals surface area (Å²) in [6.45, 7) is 1.53. The van der Waals surface area contributed by atoms with Gasteiger partial charge in [0.1, 0.15) is 0 Å². The van der Waals surface area contributed by atoms with Gasteiger partial charge >= 0.3 is 0 Å². The van der Waals surface area contributed by atoms with Crippen LogP contribution in [0.15, 0.2) is 54.7 Å². The van der Waals surface area contributed by atoms with Crippen LogP contribution in [0.25, 0.3) is 10.9 Å². The molecule has 1 aromatic heterocycles. The highest BCUT2D eigenvalue weighted by Crippen LogP contribution is 2.23. The van der Waals surface area contributed by atoms with Gasteiger partial charge in [-0.15, -0.1) is 0 Å². The summed E-state index contributed by atoms with van der Waals surface area (Å²) in [5.41, 5.74) is 4.75. The van der Waals surface area contributed by atoms with Crippen molar-refractivity contribution in [3.8, 4) is 0 Å². The zero-order valence-corrected chi connectivity index (χ0v) is 17.3. The molecule has 0 aliphatic heterocycles. The smallest absolute Gasteiger partial charge is 0.264 e. The SMILES string of the molecule is CC(CCn1cc2cc(CCc3ccccc3)ccc2n1)(C(=O)NO)S(C)(=O)=O. The number of amides is 1. The third-order valence-electron chi connectivity index (χ3n) is 5.38. The molecule has 1 amide bonds. The lowest BCUT2D eigenvalue weighted by atomic mass is 10.0. The number of aryl methyl sites for hydroxylation is 3. The van der Waals surface area contributed by atoms with Gasteiger partial charge in [0.15, 0.2) is 14.6 Å². The summed E-state index contributed by atoms with van der Waals surface area (Å²) in [6.07, 6.45) is 4.69. The number of sulfone groups is 1. The van der Waals surface area contributed by atoms with Gasteiger partial charge in [-0.05, 0) is 49.4 Å². The summed E-state index contributed by atoms with van der Waals surface area (Å²) >= 11 is 0. The van der Waals surface area contributed by atoms with Gasteiger partial charge in [-0.3, -0.25) is 14.7 Å². The third kappa shape index (κ3) is 4.65. The molecule has 29 heavy (non-hydrogen) atoms. The number of nitrogens with one attached hydrogen (secondary N) is 1. The minimum Gasteiger partial charge on any atom is -0.289 e. The summed E-state index contributed by atoms with van der Waals surface area (Å²) in [7, 11) is -3.73. The quantitative estimate of drug-likeness (QED) is 0.435. The van der Waals surface area contributed by atoms with Crippen molar-refractivity contribution in [1.29, 1.82) is 0 Å². The van der Waals surface area contributed by atoms with Crippen LogP contribution >= 0.6 is 0 Å². The maximum Gasteiger partial charge on any atom is 0.264 e. The van der Waals surface area contributed by atoms with Crippen molar-refractivity contribution < 1.29 is 18.4 Å². The van der Waals surface area contributed by atoms with Crippen LogP contribution in [0.1, 0.15) is 24.5 Å². The van der Waals surface area contributed by atoms with Gasteiger partial charge in [-0.25, -0.2) is 13.9 Å². The number of fused-ring (bicyclic) bond motifs is 1. The van der Waals surface area contributed by atoms with Crippen LogP contribution in [0.5, 0.6) is 0 Å². The molecule has 7 nitrogen and oxygen atoms in total. The number of hydroxylamine groups is 1. The zero-order chi connectivity index (χ0) is 21.1. The lowest BCUT2D eigenvalue weighted by Crippen LogP contribution is -2.49. The molecule has 0 saturated carbocycles. The number of aromatic nitrogens is 2. The molecule has 2 aromatic carbocycles. The van der Waals surface area contributed by atoms with Gasteiger partial charge in [-0.1, -0.05) is 36.4 Å². The second-order valence-electron chi connectivity index (χ2n) is 7.46. The Morgan fingerprint density at radius 1 is 1.14 bits per heavy atom. The molecule has 154 valence electrons. The first-order valence-corrected chi connectivity index (χ1v) is 11.3. The van der Waals surface area contributed by atoms with Gasteiger partial charge in [0.25, 0.3) is 5.91 Å². The number of carbonyl (C=O) groups excluding carboxylic acids is 1. The first-order chi connectivity index (χ1) is 13.7. The van der Waals surface area contributed by atoms with Gasteiger partial charge in [-0.2, -0.15) is 5.10 Å². The van der Waals surface area contributed by atoms with Crippen LogP contribution in [0.4, 0.5) is 0 Å². The summed E-state index contributed by atoms with van der Waals surface area (Å²) in [5, 5.41) is 14.4. The maximum absolute atomic E-state index is 12.1. The van der Waals surface area contributed by atoms with E-state index < -0.39 is 20.5 Å². The topological polar surface area (TPSA) is 101 Å². The van der Waals surface area contributed by atoms with Gasteiger partial charge in [0.05, 0.1) is 5.52 Å². The molecular weight excluding hydrogens is 390 g/mol. The number of hydrogen-bond acceptors (Lipinski definition) is 5. The predicted molar refractivity (Wildman–Crippen MR) is 111 cm³/mol. The Kier molecular flexibility index (Phi) is 6.04. The fraction of sp³-hybridized carbons (Fsp3) is 0.333. The third-order valence-corrected chi connectivity index (χ3v) is 7.41. The van der Waals surface area contributed by atoms with Crippen molar-refractivity contribution in [3.63, 3.8) is 0 Å². The van der Waals surface area contributed by atoms with Gasteiger partial charge in [0, 0.05) is 24.4 Å². The normalized spacial score (nSPS) is 13.9. The Morgan fingerprint density at radius 3 is 2.48 bits per heavy atom. The molecule has 1 heterocycles. The van der Waals surface area contributed by atoms with E-state index >= 15 is 0 Å². The highest BCUT2D eigenvalue weighted by molar-refractivity contribution is 7.92. The van der Waals surface area contributed by atoms with Crippen LogP contribution in [0.3, 0.4) is 0 Å². The highest BCUT2D eigenvalue weighted by atomic mass is 32.2. The second-order valence-corrected chi connectivity index (χ2v) is 9.91. The van der Waals surface area contributed by atoms with E-state index in [0.29, 0.717) is 0 Å². The molecule has 0 spiro atoms. The molecule has 0 radical (unpaired) electrons. The first kappa shape index (κ1) is 21.0. The molecule has 0 aliphatic carbocycles. The van der Waals surface area contributed by atoms with Crippen LogP contribution in [-0.4, -0.2) is 40.3 Å². The van der Waals surface area contributed by atoms with E-state index in [-0.39, 0.29) is 13.0 Å². The molecular formula is C21H25N3O4S. The second kappa shape index (κ2) is 8.34. The first-order valence-electron chi connectivity index (χ1n) is 9.37. The van der Waals surface area contributed by atoms with E-state index in [1.807, 2.05) is 36.5 Å². The van der Waals surface area contributed by atoms with E-state index in [0.717, 1.165) is 30.0 Å². The van der Waals surface area contributed by atoms with Gasteiger partial charge in [0.2, 0.25) is 0 Å². The monoisotopic (exact) mass is 415 g/mol. The van der Waals surface area contributed by atoms with Crippen molar-refractivity contribution in [3.05, 3.63) is 65.9 Å². The van der Waals surface area contributed by atoms with Crippen LogP contribution in [0.2, 0.25) is 0 Å². The molecule has 0 aliphatic rings. The lowest BCUT2D eigenvalue weighted by molar-refractivity contribution is -0.131. The van der Waals surface area contributed by atoms with Crippen molar-refractivity contribution in [2.45, 2.75) is 37.5 Å². The van der Waals surface area contributed by atoms with Crippen LogP contribution in [-0.2, 0) is 34.0 Å². The van der Waals surface area contributed by atoms with Crippen LogP contribution in [0, 0.1) is 0 Å². The van der Waals surface area contributed by atoms with E-state index in [9.17, 15) is 13.2 Å². The Morgan fingerprint density at radius 2 is 1.83 bits per heavy atom. The summed E-state index contributed by atoms with van der Waals surface area (Å²) in [6, 6.07) is 16.4. The molecule has 3 rings (SSSR count). The van der Waals surface area contributed by atoms with Crippen LogP contribution < -0.4 is 5.48 Å². The fourth-order valence-electron chi connectivity index (χ4n) is 3.24. The minimum absolute atomic E-state index is 0.00687. The molecule has 0 fully saturated rings. The average molecular weight is 416 g/mol. The lowest BCUT2D eigenvalue weighted by Gasteiger charge is -2.24. The van der Waals surface area contributed by atoms with E-state index in [1.54, 1.807) is 4.68 Å². The molecule has 1 unspecified atom stereocenters. The zero-order valence-electron chi connectivity index (χ0n) is 16.5. The number of benzene rings is 2. The Bertz CT molecular complexity index is 1110. The minimum atomic E-state index is -3.73. The Labute approximate surface area is 170 Å². The van der Waals surface area contributed by atoms with Crippen molar-refractivity contribution in [2.75, 3.05) is 6.26 Å². The van der Waals surface area contributed by atoms with Crippen molar-refractivity contribution in [2.24, 2.45) is 0 Å². The van der Waals surface area contributed by atoms with Gasteiger partial charge < -0.3 is 0 Å². The standard InChI is InChI=1S/C21H25N3O4S/c1-21(20(25)23-26,29(2,27)28)12-13-24-15-18-14-17(10-11-19(18)22-24)9-8-16-6-4-3-5-7-16/h3-7,10-11,14-15,26H,8-9,12-13H2,1-2H3,(H,23,25). The summed E-state index contributed by atoms with van der Waals surface area (Å²) in [4.78, 5) is 11.9. The fourth-order valence-corrected chi connectivity index (χ4v) is 4.09. The number of hydrogen-bond donors (Lipinski definition) is 2. The molecule has 3 aromatic rings. The predicted octanol–water partition coefficient (Wildman–Crippen LogP) is 2.52. The Balaban J connectivity index is 1.73. The number of carbonyl (C=O) groups is 1. The van der Waals surface area contributed by atoms with Crippen molar-refractivity contribution >= 4 is 26.6 Å². The highest BCUT2D eigenvalue weighted by Gasteiger charge is 2.43. The summed E-state index contributed by atoms with van der Waals surface area (Å²) < 4.78 is 24.1. The van der Waals surface area contributed by atoms with E-state index in [1.165, 1.54) is 23.5 Å². The molecule has 1 atom stereocenters. The van der Waals surface area contributed by atoms with Crippen molar-refractivity contribution in [1.82, 2.24) is 15.3 Å². The van der Waals surface area contributed by atoms with E-state index in [2.05, 4.69) is 23.3 Å². The average Bonchev–Trinajstić information content (AvgIpc) is 3.12. The number of nitrogens with zero attached hydrogens (tertiary/aromatic N) is 2. The molecule has 0 bridgehead atoms. The summed E-state index contributed by atoms with van der Waals surface area (Å²) in [5.74, 6) is -0.945. The largest absolute Gasteiger partial charge is 0.289 e. The number of rotatable bonds is 8. The molecule has 8 heteroatoms. The molecule has 2 N–H and O–H groups in total. The molecule has 0 saturated heterocycles. The van der Waals surface area contributed by atoms with E-state index in [4.69, 9.17) is 5.21 Å².